The molecule has 1 amide bonds. The number of amides is 1. The number of ether oxygens (including phenoxy) is 1. The molecule has 6 nitrogen and oxygen atoms in total. The molecule has 2 unspecified atom stereocenters. The van der Waals surface area contributed by atoms with Crippen LogP contribution in [0.3, 0.4) is 0 Å². The summed E-state index contributed by atoms with van der Waals surface area (Å²) in [5.41, 5.74) is 0.362. The Hall–Kier alpha value is -1.60. The van der Waals surface area contributed by atoms with Crippen LogP contribution in [0.1, 0.15) is 63.2 Å². The Morgan fingerprint density at radius 2 is 1.66 bits per heavy atom. The fourth-order valence-corrected chi connectivity index (χ4v) is 6.49. The average Bonchev–Trinajstić information content (AvgIpc) is 2.68. The molecule has 1 saturated heterocycles. The van der Waals surface area contributed by atoms with E-state index in [1.54, 1.807) is 12.1 Å². The molecule has 1 heterocycles. The van der Waals surface area contributed by atoms with Crippen LogP contribution in [-0.2, 0) is 10.0 Å². The van der Waals surface area contributed by atoms with Gasteiger partial charge in [0.05, 0.1) is 7.11 Å². The van der Waals surface area contributed by atoms with Gasteiger partial charge in [0.2, 0.25) is 10.0 Å². The molecule has 1 aromatic rings. The third kappa shape index (κ3) is 5.12. The Morgan fingerprint density at radius 1 is 1.03 bits per heavy atom. The molecule has 29 heavy (non-hydrogen) atoms. The van der Waals surface area contributed by atoms with E-state index >= 15 is 0 Å². The van der Waals surface area contributed by atoms with E-state index in [4.69, 9.17) is 4.74 Å². The molecule has 1 aliphatic heterocycles. The van der Waals surface area contributed by atoms with Gasteiger partial charge in [-0.25, -0.2) is 8.42 Å². The first kappa shape index (κ1) is 22.1. The topological polar surface area (TPSA) is 75.7 Å². The molecule has 1 aliphatic carbocycles. The Morgan fingerprint density at radius 3 is 2.24 bits per heavy atom. The predicted octanol–water partition coefficient (Wildman–Crippen LogP) is 3.67. The summed E-state index contributed by atoms with van der Waals surface area (Å²) < 4.78 is 33.6. The minimum Gasteiger partial charge on any atom is -0.495 e. The smallest absolute Gasteiger partial charge is 0.251 e. The van der Waals surface area contributed by atoms with Gasteiger partial charge < -0.3 is 10.1 Å². The van der Waals surface area contributed by atoms with Gasteiger partial charge in [-0.3, -0.25) is 4.79 Å². The Balaban J connectivity index is 1.84. The number of rotatable bonds is 5. The van der Waals surface area contributed by atoms with Crippen LogP contribution in [0.4, 0.5) is 0 Å². The highest BCUT2D eigenvalue weighted by atomic mass is 32.2. The molecule has 2 fully saturated rings. The summed E-state index contributed by atoms with van der Waals surface area (Å²) in [6.45, 7) is 7.37. The number of hydrogen-bond acceptors (Lipinski definition) is 4. The van der Waals surface area contributed by atoms with Crippen molar-refractivity contribution in [1.29, 1.82) is 0 Å². The maximum atomic E-state index is 13.4. The minimum absolute atomic E-state index is 0.0752. The van der Waals surface area contributed by atoms with Crippen molar-refractivity contribution < 1.29 is 17.9 Å². The first-order valence-corrected chi connectivity index (χ1v) is 12.1. The van der Waals surface area contributed by atoms with Crippen LogP contribution in [0, 0.1) is 17.8 Å². The second-order valence-corrected chi connectivity index (χ2v) is 11.0. The molecular weight excluding hydrogens is 388 g/mol. The first-order valence-electron chi connectivity index (χ1n) is 10.7. The van der Waals surface area contributed by atoms with Gasteiger partial charge in [0.1, 0.15) is 10.6 Å². The summed E-state index contributed by atoms with van der Waals surface area (Å²) in [6, 6.07) is 4.85. The van der Waals surface area contributed by atoms with E-state index in [0.717, 1.165) is 32.1 Å². The summed E-state index contributed by atoms with van der Waals surface area (Å²) in [5.74, 6) is 1.37. The van der Waals surface area contributed by atoms with Crippen molar-refractivity contribution in [3.8, 4) is 5.75 Å². The zero-order chi connectivity index (χ0) is 21.2. The number of nitrogens with one attached hydrogen (secondary N) is 1. The summed E-state index contributed by atoms with van der Waals surface area (Å²) in [4.78, 5) is 12.9. The largest absolute Gasteiger partial charge is 0.495 e. The highest BCUT2D eigenvalue weighted by Gasteiger charge is 2.34. The molecule has 1 aromatic carbocycles. The van der Waals surface area contributed by atoms with Gasteiger partial charge in [-0.15, -0.1) is 0 Å². The number of piperidine rings is 1. The summed E-state index contributed by atoms with van der Waals surface area (Å²) in [5, 5.41) is 3.08. The van der Waals surface area contributed by atoms with Gasteiger partial charge in [-0.05, 0) is 68.1 Å². The number of carbonyl (C=O) groups excluding carboxylic acids is 1. The molecule has 1 N–H and O–H groups in total. The summed E-state index contributed by atoms with van der Waals surface area (Å²) in [6.07, 6.45) is 5.18. The third-order valence-electron chi connectivity index (χ3n) is 6.23. The molecule has 2 aliphatic rings. The predicted molar refractivity (Wildman–Crippen MR) is 114 cm³/mol. The Bertz CT molecular complexity index is 821. The number of sulfonamides is 1. The van der Waals surface area contributed by atoms with E-state index in [1.807, 2.05) is 0 Å². The molecule has 0 spiro atoms. The van der Waals surface area contributed by atoms with Gasteiger partial charge >= 0.3 is 0 Å². The van der Waals surface area contributed by atoms with Crippen molar-refractivity contribution in [2.24, 2.45) is 17.8 Å². The number of carbonyl (C=O) groups is 1. The van der Waals surface area contributed by atoms with Crippen LogP contribution < -0.4 is 10.1 Å². The Labute approximate surface area is 175 Å². The van der Waals surface area contributed by atoms with Gasteiger partial charge in [-0.2, -0.15) is 4.31 Å². The quantitative estimate of drug-likeness (QED) is 0.786. The lowest BCUT2D eigenvalue weighted by Gasteiger charge is -2.34. The highest BCUT2D eigenvalue weighted by molar-refractivity contribution is 7.89. The zero-order valence-corrected chi connectivity index (χ0v) is 18.8. The van der Waals surface area contributed by atoms with Crippen molar-refractivity contribution >= 4 is 15.9 Å². The standard InChI is InChI=1S/C22H34N2O4S/c1-15-5-8-19(9-6-15)23-22(25)18-7-10-20(28-4)21(12-18)29(26,27)24-13-16(2)11-17(3)14-24/h7,10,12,15-17,19H,5-6,8-9,11,13-14H2,1-4H3,(H,23,25). The number of methoxy groups -OCH3 is 1. The van der Waals surface area contributed by atoms with Crippen LogP contribution in [-0.4, -0.2) is 44.9 Å². The molecule has 2 atom stereocenters. The first-order chi connectivity index (χ1) is 13.7. The fourth-order valence-electron chi connectivity index (χ4n) is 4.63. The van der Waals surface area contributed by atoms with E-state index in [9.17, 15) is 13.2 Å². The van der Waals surface area contributed by atoms with E-state index in [1.165, 1.54) is 17.5 Å². The molecule has 1 saturated carbocycles. The fraction of sp³-hybridized carbons (Fsp3) is 0.682. The second-order valence-electron chi connectivity index (χ2n) is 9.06. The minimum atomic E-state index is -3.74. The van der Waals surface area contributed by atoms with Crippen LogP contribution in [0.25, 0.3) is 0 Å². The van der Waals surface area contributed by atoms with Crippen molar-refractivity contribution in [1.82, 2.24) is 9.62 Å². The highest BCUT2D eigenvalue weighted by Crippen LogP contribution is 2.32. The normalized spacial score (nSPS) is 28.7. The van der Waals surface area contributed by atoms with Crippen molar-refractivity contribution in [3.05, 3.63) is 23.8 Å². The lowest BCUT2D eigenvalue weighted by atomic mass is 9.87. The molecule has 162 valence electrons. The third-order valence-corrected chi connectivity index (χ3v) is 8.08. The maximum absolute atomic E-state index is 13.4. The number of nitrogens with zero attached hydrogens (tertiary/aromatic N) is 1. The van der Waals surface area contributed by atoms with E-state index in [2.05, 4.69) is 26.1 Å². The lowest BCUT2D eigenvalue weighted by molar-refractivity contribution is 0.0922. The van der Waals surface area contributed by atoms with Crippen molar-refractivity contribution in [2.45, 2.75) is 63.8 Å². The molecule has 0 radical (unpaired) electrons. The van der Waals surface area contributed by atoms with Crippen LogP contribution in [0.15, 0.2) is 23.1 Å². The van der Waals surface area contributed by atoms with E-state index < -0.39 is 10.0 Å². The molecule has 0 aromatic heterocycles. The number of hydrogen-bond donors (Lipinski definition) is 1. The zero-order valence-electron chi connectivity index (χ0n) is 18.0. The molecular formula is C22H34N2O4S. The van der Waals surface area contributed by atoms with E-state index in [-0.39, 0.29) is 22.6 Å². The van der Waals surface area contributed by atoms with Crippen LogP contribution in [0.2, 0.25) is 0 Å². The average molecular weight is 423 g/mol. The second kappa shape index (κ2) is 9.04. The van der Waals surface area contributed by atoms with Gasteiger partial charge in [0.25, 0.3) is 5.91 Å². The van der Waals surface area contributed by atoms with Crippen molar-refractivity contribution in [3.63, 3.8) is 0 Å². The van der Waals surface area contributed by atoms with E-state index in [0.29, 0.717) is 36.4 Å². The van der Waals surface area contributed by atoms with Gasteiger partial charge in [0.15, 0.2) is 0 Å². The lowest BCUT2D eigenvalue weighted by Crippen LogP contribution is -2.42. The monoisotopic (exact) mass is 422 g/mol. The molecule has 3 rings (SSSR count). The summed E-state index contributed by atoms with van der Waals surface area (Å²) in [7, 11) is -2.28. The summed E-state index contributed by atoms with van der Waals surface area (Å²) >= 11 is 0. The van der Waals surface area contributed by atoms with Crippen LogP contribution in [0.5, 0.6) is 5.75 Å². The van der Waals surface area contributed by atoms with Crippen molar-refractivity contribution in [2.75, 3.05) is 20.2 Å². The maximum Gasteiger partial charge on any atom is 0.251 e. The Kier molecular flexibility index (Phi) is 6.89. The van der Waals surface area contributed by atoms with Gasteiger partial charge in [0, 0.05) is 24.7 Å². The van der Waals surface area contributed by atoms with Crippen LogP contribution >= 0.6 is 0 Å². The molecule has 0 bridgehead atoms. The van der Waals surface area contributed by atoms with Gasteiger partial charge in [-0.1, -0.05) is 20.8 Å². The molecule has 7 heteroatoms. The number of benzene rings is 1. The SMILES string of the molecule is COc1ccc(C(=O)NC2CCC(C)CC2)cc1S(=O)(=O)N1CC(C)CC(C)C1.